The van der Waals surface area contributed by atoms with Crippen molar-refractivity contribution in [3.63, 3.8) is 0 Å². The molecular formula is C15H19Cl2N3. The molecule has 1 saturated heterocycles. The summed E-state index contributed by atoms with van der Waals surface area (Å²) in [6, 6.07) is 6.18. The summed E-state index contributed by atoms with van der Waals surface area (Å²) < 4.78 is 0. The molecule has 20 heavy (non-hydrogen) atoms. The second-order valence-corrected chi connectivity index (χ2v) is 6.52. The first kappa shape index (κ1) is 14.0. The van der Waals surface area contributed by atoms with Gasteiger partial charge >= 0.3 is 0 Å². The van der Waals surface area contributed by atoms with E-state index < -0.39 is 0 Å². The van der Waals surface area contributed by atoms with Crippen LogP contribution in [0.2, 0.25) is 10.0 Å². The van der Waals surface area contributed by atoms with E-state index in [0.29, 0.717) is 22.6 Å². The average molecular weight is 312 g/mol. The first-order chi connectivity index (χ1) is 9.65. The lowest BCUT2D eigenvalue weighted by Gasteiger charge is -2.35. The standard InChI is InChI=1S/C15H19Cl2N3/c1-10-5-6-11-7-18-15(20(11)9-10)19-8-12-13(16)3-2-4-14(12)17/h2-4,10-11H,5-9H2,1H3,(H,18,19). The van der Waals surface area contributed by atoms with Gasteiger partial charge in [0.2, 0.25) is 0 Å². The fraction of sp³-hybridized carbons (Fsp3) is 0.533. The summed E-state index contributed by atoms with van der Waals surface area (Å²) in [6.07, 6.45) is 2.54. The molecule has 2 aliphatic rings. The summed E-state index contributed by atoms with van der Waals surface area (Å²) in [6.45, 7) is 4.92. The van der Waals surface area contributed by atoms with Gasteiger partial charge in [-0.25, -0.2) is 0 Å². The van der Waals surface area contributed by atoms with Crippen molar-refractivity contribution in [1.29, 1.82) is 0 Å². The number of nitrogens with zero attached hydrogens (tertiary/aromatic N) is 2. The molecule has 3 nitrogen and oxygen atoms in total. The molecule has 1 aromatic rings. The second kappa shape index (κ2) is 5.82. The molecule has 2 unspecified atom stereocenters. The molecular weight excluding hydrogens is 293 g/mol. The average Bonchev–Trinajstić information content (AvgIpc) is 2.81. The molecule has 2 atom stereocenters. The molecule has 1 N–H and O–H groups in total. The van der Waals surface area contributed by atoms with Gasteiger partial charge in [-0.05, 0) is 30.9 Å². The zero-order chi connectivity index (χ0) is 14.1. The van der Waals surface area contributed by atoms with Gasteiger partial charge in [-0.15, -0.1) is 0 Å². The van der Waals surface area contributed by atoms with E-state index in [-0.39, 0.29) is 0 Å². The number of nitrogens with one attached hydrogen (secondary N) is 1. The number of rotatable bonds is 2. The number of piperidine rings is 1. The molecule has 5 heteroatoms. The van der Waals surface area contributed by atoms with Gasteiger partial charge in [0.25, 0.3) is 0 Å². The summed E-state index contributed by atoms with van der Waals surface area (Å²) in [5, 5.41) is 4.81. The molecule has 108 valence electrons. The van der Waals surface area contributed by atoms with Gasteiger partial charge < -0.3 is 10.2 Å². The zero-order valence-corrected chi connectivity index (χ0v) is 13.1. The van der Waals surface area contributed by atoms with Gasteiger partial charge in [-0.3, -0.25) is 4.99 Å². The fourth-order valence-electron chi connectivity index (χ4n) is 2.97. The molecule has 0 bridgehead atoms. The summed E-state index contributed by atoms with van der Waals surface area (Å²) in [4.78, 5) is 7.04. The molecule has 0 radical (unpaired) electrons. The Bertz CT molecular complexity index is 510. The minimum absolute atomic E-state index is 0.579. The van der Waals surface area contributed by atoms with Gasteiger partial charge in [0.1, 0.15) is 0 Å². The normalized spacial score (nSPS) is 25.4. The van der Waals surface area contributed by atoms with Gasteiger partial charge in [-0.2, -0.15) is 0 Å². The highest BCUT2D eigenvalue weighted by Gasteiger charge is 2.32. The lowest BCUT2D eigenvalue weighted by atomic mass is 9.95. The highest BCUT2D eigenvalue weighted by Crippen LogP contribution is 2.27. The fourth-order valence-corrected chi connectivity index (χ4v) is 3.50. The number of guanidine groups is 1. The van der Waals surface area contributed by atoms with Crippen molar-refractivity contribution in [2.75, 3.05) is 13.1 Å². The predicted octanol–water partition coefficient (Wildman–Crippen LogP) is 3.55. The van der Waals surface area contributed by atoms with E-state index in [1.54, 1.807) is 0 Å². The van der Waals surface area contributed by atoms with Crippen LogP contribution in [0.25, 0.3) is 0 Å². The van der Waals surface area contributed by atoms with E-state index in [4.69, 9.17) is 23.2 Å². The van der Waals surface area contributed by atoms with Crippen molar-refractivity contribution in [1.82, 2.24) is 10.2 Å². The van der Waals surface area contributed by atoms with Gasteiger partial charge in [-0.1, -0.05) is 36.2 Å². The number of benzene rings is 1. The Kier molecular flexibility index (Phi) is 4.08. The predicted molar refractivity (Wildman–Crippen MR) is 84.5 cm³/mol. The Hall–Kier alpha value is -0.930. The van der Waals surface area contributed by atoms with Crippen molar-refractivity contribution in [2.45, 2.75) is 32.4 Å². The maximum atomic E-state index is 6.20. The van der Waals surface area contributed by atoms with E-state index in [1.807, 2.05) is 18.2 Å². The smallest absolute Gasteiger partial charge is 0.194 e. The molecule has 0 saturated carbocycles. The third-order valence-electron chi connectivity index (χ3n) is 4.15. The molecule has 2 heterocycles. The van der Waals surface area contributed by atoms with E-state index in [0.717, 1.165) is 30.5 Å². The summed E-state index contributed by atoms with van der Waals surface area (Å²) in [7, 11) is 0. The van der Waals surface area contributed by atoms with Crippen LogP contribution in [0, 0.1) is 5.92 Å². The first-order valence-electron chi connectivity index (χ1n) is 7.13. The van der Waals surface area contributed by atoms with E-state index in [9.17, 15) is 0 Å². The van der Waals surface area contributed by atoms with Gasteiger partial charge in [0.15, 0.2) is 5.96 Å². The van der Waals surface area contributed by atoms with Crippen molar-refractivity contribution in [3.8, 4) is 0 Å². The zero-order valence-electron chi connectivity index (χ0n) is 11.6. The van der Waals surface area contributed by atoms with Crippen molar-refractivity contribution < 1.29 is 0 Å². The van der Waals surface area contributed by atoms with Crippen LogP contribution in [-0.4, -0.2) is 30.0 Å². The molecule has 0 amide bonds. The van der Waals surface area contributed by atoms with Crippen LogP contribution < -0.4 is 5.32 Å². The molecule has 3 rings (SSSR count). The minimum Gasteiger partial charge on any atom is -0.352 e. The van der Waals surface area contributed by atoms with Crippen LogP contribution in [0.1, 0.15) is 25.3 Å². The van der Waals surface area contributed by atoms with E-state index >= 15 is 0 Å². The number of hydrogen-bond acceptors (Lipinski definition) is 3. The Morgan fingerprint density at radius 1 is 1.30 bits per heavy atom. The van der Waals surface area contributed by atoms with Crippen LogP contribution in [0.5, 0.6) is 0 Å². The van der Waals surface area contributed by atoms with Crippen molar-refractivity contribution in [2.24, 2.45) is 10.9 Å². The Labute approximate surface area is 130 Å². The lowest BCUT2D eigenvalue weighted by Crippen LogP contribution is -2.48. The van der Waals surface area contributed by atoms with Crippen LogP contribution in [0.3, 0.4) is 0 Å². The molecule has 0 spiro atoms. The largest absolute Gasteiger partial charge is 0.352 e. The SMILES string of the molecule is CC1CCC2CN=C(NCc3c(Cl)cccc3Cl)N2C1. The third kappa shape index (κ3) is 2.75. The van der Waals surface area contributed by atoms with Crippen LogP contribution in [0.15, 0.2) is 23.2 Å². The minimum atomic E-state index is 0.579. The number of fused-ring (bicyclic) bond motifs is 1. The number of hydrogen-bond donors (Lipinski definition) is 1. The first-order valence-corrected chi connectivity index (χ1v) is 7.88. The quantitative estimate of drug-likeness (QED) is 0.904. The highest BCUT2D eigenvalue weighted by molar-refractivity contribution is 6.36. The van der Waals surface area contributed by atoms with Gasteiger partial charge in [0.05, 0.1) is 12.6 Å². The molecule has 0 aromatic heterocycles. The van der Waals surface area contributed by atoms with E-state index in [1.165, 1.54) is 12.8 Å². The summed E-state index contributed by atoms with van der Waals surface area (Å²) in [5.74, 6) is 1.73. The third-order valence-corrected chi connectivity index (χ3v) is 4.86. The Morgan fingerprint density at radius 2 is 2.05 bits per heavy atom. The Morgan fingerprint density at radius 3 is 2.80 bits per heavy atom. The van der Waals surface area contributed by atoms with Crippen molar-refractivity contribution in [3.05, 3.63) is 33.8 Å². The summed E-state index contributed by atoms with van der Waals surface area (Å²) >= 11 is 12.4. The molecule has 0 aliphatic carbocycles. The van der Waals surface area contributed by atoms with Crippen LogP contribution >= 0.6 is 23.2 Å². The van der Waals surface area contributed by atoms with Gasteiger partial charge in [0, 0.05) is 28.7 Å². The lowest BCUT2D eigenvalue weighted by molar-refractivity contribution is 0.211. The number of halogens is 2. The maximum absolute atomic E-state index is 6.20. The highest BCUT2D eigenvalue weighted by atomic mass is 35.5. The van der Waals surface area contributed by atoms with E-state index in [2.05, 4.69) is 22.1 Å². The van der Waals surface area contributed by atoms with Crippen LogP contribution in [-0.2, 0) is 6.54 Å². The molecule has 1 fully saturated rings. The number of aliphatic imine (C=N–C) groups is 1. The van der Waals surface area contributed by atoms with Crippen molar-refractivity contribution >= 4 is 29.2 Å². The second-order valence-electron chi connectivity index (χ2n) is 5.71. The summed E-state index contributed by atoms with van der Waals surface area (Å²) in [5.41, 5.74) is 0.937. The Balaban J connectivity index is 1.67. The maximum Gasteiger partial charge on any atom is 0.194 e. The topological polar surface area (TPSA) is 27.6 Å². The monoisotopic (exact) mass is 311 g/mol. The van der Waals surface area contributed by atoms with Crippen LogP contribution in [0.4, 0.5) is 0 Å². The molecule has 1 aromatic carbocycles. The molecule has 2 aliphatic heterocycles.